The van der Waals surface area contributed by atoms with Crippen LogP contribution in [0.3, 0.4) is 0 Å². The molecule has 15 rings (SSSR count). The molecule has 8 unspecified atom stereocenters. The highest BCUT2D eigenvalue weighted by molar-refractivity contribution is 7.48. The van der Waals surface area contributed by atoms with Crippen molar-refractivity contribution in [2.24, 2.45) is 11.5 Å². The molecule has 0 radical (unpaired) electrons. The van der Waals surface area contributed by atoms with Crippen LogP contribution in [0.1, 0.15) is 107 Å². The number of hydrogen-bond acceptors (Lipinski definition) is 43. The van der Waals surface area contributed by atoms with Crippen LogP contribution in [0, 0.1) is 5.95 Å². The number of aliphatic hydroxyl groups is 11. The highest BCUT2D eigenvalue weighted by Crippen LogP contribution is 2.61. The summed E-state index contributed by atoms with van der Waals surface area (Å²) >= 11 is 0. The van der Waals surface area contributed by atoms with Crippen LogP contribution < -0.4 is 73.6 Å². The summed E-state index contributed by atoms with van der Waals surface area (Å²) in [5, 5.41) is 108. The Morgan fingerprint density at radius 1 is 0.547 bits per heavy atom. The fourth-order valence-corrected chi connectivity index (χ4v) is 16.4. The number of anilines is 2. The average Bonchev–Trinajstić information content (AvgIpc) is 1.59. The van der Waals surface area contributed by atoms with E-state index in [-0.39, 0.29) is 30.7 Å². The maximum absolute atomic E-state index is 15.3. The Morgan fingerprint density at radius 3 is 1.38 bits per heavy atom. The summed E-state index contributed by atoms with van der Waals surface area (Å²) in [5.41, 5.74) is 7.62. The zero-order valence-electron chi connectivity index (χ0n) is 67.7. The van der Waals surface area contributed by atoms with E-state index in [9.17, 15) is 111 Å². The van der Waals surface area contributed by atoms with Crippen molar-refractivity contribution in [3.8, 4) is 0 Å². The Bertz CT molecular complexity index is 5580. The predicted octanol–water partition coefficient (Wildman–Crippen LogP) is -8.39. The summed E-state index contributed by atoms with van der Waals surface area (Å²) in [7, 11) is -7.76. The molecule has 708 valence electrons. The monoisotopic (exact) mass is 1880 g/mol. The van der Waals surface area contributed by atoms with Crippen molar-refractivity contribution in [2.45, 2.75) is 207 Å². The molecule has 26 atom stereocenters. The van der Waals surface area contributed by atoms with E-state index < -0.39 is 274 Å². The van der Waals surface area contributed by atoms with Crippen molar-refractivity contribution in [1.29, 1.82) is 0 Å². The molecule has 0 aromatic carbocycles. The normalized spacial score (nSPS) is 33.6. The number of ether oxygens (including phenoxy) is 6. The van der Waals surface area contributed by atoms with E-state index in [0.717, 1.165) is 70.6 Å². The van der Waals surface area contributed by atoms with Crippen LogP contribution in [0.25, 0.3) is 0 Å². The number of nitrogens with two attached hydrogens (primary N) is 4. The number of H-pyrrole nitrogens is 4. The van der Waals surface area contributed by atoms with Gasteiger partial charge in [-0.05, 0) is 60.6 Å². The average molecular weight is 1880 g/mol. The highest BCUT2D eigenvalue weighted by atomic mass is 31.2. The van der Waals surface area contributed by atoms with E-state index in [1.54, 1.807) is 27.7 Å². The zero-order valence-corrected chi connectivity index (χ0v) is 69.5. The second-order valence-electron chi connectivity index (χ2n) is 29.6. The van der Waals surface area contributed by atoms with Gasteiger partial charge in [-0.2, -0.15) is 14.4 Å². The highest BCUT2D eigenvalue weighted by Gasteiger charge is 2.63. The minimum Gasteiger partial charge on any atom is -0.394 e. The molecular formula is C67H91F4N19O36P2. The lowest BCUT2D eigenvalue weighted by Gasteiger charge is -2.35. The van der Waals surface area contributed by atoms with Gasteiger partial charge in [0.2, 0.25) is 11.8 Å². The van der Waals surface area contributed by atoms with Crippen molar-refractivity contribution < 1.29 is 148 Å². The lowest BCUT2D eigenvalue weighted by Crippen LogP contribution is -2.49. The number of primary amides is 2. The van der Waals surface area contributed by atoms with Gasteiger partial charge in [-0.1, -0.05) is 0 Å². The summed E-state index contributed by atoms with van der Waals surface area (Å²) in [4.78, 5) is 145. The Kier molecular flexibility index (Phi) is 32.9. The number of nitrogens with zero attached hydrogens (tertiary/aromatic N) is 11. The number of rotatable bonds is 16. The van der Waals surface area contributed by atoms with E-state index in [1.165, 1.54) is 51.5 Å². The van der Waals surface area contributed by atoms with Crippen LogP contribution >= 0.6 is 15.6 Å². The van der Waals surface area contributed by atoms with Crippen molar-refractivity contribution in [1.82, 2.24) is 72.5 Å². The molecule has 0 bridgehead atoms. The fraction of sp³-hybridized carbons (Fsp3) is 0.582. The molecule has 0 saturated carbocycles. The van der Waals surface area contributed by atoms with E-state index >= 15 is 4.39 Å². The molecule has 8 fully saturated rings. The minimum atomic E-state index is -3.92. The maximum atomic E-state index is 15.3. The van der Waals surface area contributed by atoms with Crippen LogP contribution in [0.5, 0.6) is 0 Å². The van der Waals surface area contributed by atoms with Crippen molar-refractivity contribution in [3.05, 3.63) is 185 Å². The smallest absolute Gasteiger partial charge is 0.394 e. The lowest BCUT2D eigenvalue weighted by atomic mass is 9.96. The third-order valence-corrected chi connectivity index (χ3v) is 22.6. The molecule has 2 amide bonds. The van der Waals surface area contributed by atoms with Gasteiger partial charge in [0.1, 0.15) is 109 Å². The summed E-state index contributed by atoms with van der Waals surface area (Å²) < 4.78 is 148. The maximum Gasteiger partial charge on any atom is 0.475 e. The fourth-order valence-electron chi connectivity index (χ4n) is 13.1. The van der Waals surface area contributed by atoms with Crippen LogP contribution in [0.4, 0.5) is 29.2 Å². The minimum absolute atomic E-state index is 0.0129. The molecular weight excluding hydrogens is 1780 g/mol. The Morgan fingerprint density at radius 2 is 0.961 bits per heavy atom. The number of halogens is 4. The second kappa shape index (κ2) is 41.6. The molecule has 61 heteroatoms. The van der Waals surface area contributed by atoms with Crippen molar-refractivity contribution in [3.63, 3.8) is 0 Å². The second-order valence-corrected chi connectivity index (χ2v) is 32.7. The Balaban J connectivity index is 0.000000170. The number of alkyl halides is 3. The van der Waals surface area contributed by atoms with Crippen molar-refractivity contribution >= 4 is 39.1 Å². The summed E-state index contributed by atoms with van der Waals surface area (Å²) in [5.74, 6) is -2.96. The lowest BCUT2D eigenvalue weighted by molar-refractivity contribution is -0.0986. The molecule has 128 heavy (non-hydrogen) atoms. The summed E-state index contributed by atoms with van der Waals surface area (Å²) in [6.07, 6.45) is -18.7. The number of hydrogen-bond donors (Lipinski definition) is 19. The topological polar surface area (TPSA) is 816 Å². The predicted molar refractivity (Wildman–Crippen MR) is 413 cm³/mol. The van der Waals surface area contributed by atoms with E-state index in [0.29, 0.717) is 0 Å². The standard InChI is InChI=1S/C13H18FN2O7P.C13H19N2O8P.C10H15N3O5.C9H12FN3O4.C9H11FN2O5.C8H12N4O5.C5H4FN3O2/c1-7(2)22-24(19)20-6-8-10(23-24)13(3,14)11(21-8)16-5-4-9(17)15-12(16)18;1-7(2)22-24(19)20-6-8-10(23-24)13(3,18)11(21-8)15-5-4-9(16)14-12(15)17;1-10(17)7(15)5(4-14)18-8(10)13-3-2-6(11)12-9(13)16;10-6-7(15)4(3-14)17-8(6)13-2-1-5(11)12-9(13)16;10-6-7(15)4(3-13)17-8(6)12-2-1-5(14)11-9(12)16;9-6(16)7-10-2-12(11-7)8-5(15)4(14)3(1-13)17-8;6-2-1-8-5(11)3(9-2)4(7)10/h4-5,7-8,10-11H,6H2,1-3H3,(H,15,17,18);4-5,7-8,10-11,18H,6H2,1-3H3,(H,14,16,17);2-3,5,7-8,14-15,17H,4H2,1H3,(H2,11,12,16);1-2,4,6-8,14-15H,3H2,(H2,11,12,16);1-2,4,6-8,13,15H,3H2,(H,11,14,16);2-5,8,13-15H,1H2,(H2,9,16);1H,(H2,7,10)(H,8,11)/t2*8-,10+,11-,13?,24?;5-,7+,8-,10?;2*4-,6?,7+,8-;3-,4+,5?,8-;/m111111./s1. The molecule has 23 N–H and O–H groups in total. The molecule has 0 spiro atoms. The van der Waals surface area contributed by atoms with Gasteiger partial charge in [0.05, 0.1) is 58.0 Å². The molecule has 0 aliphatic carbocycles. The third-order valence-electron chi connectivity index (χ3n) is 19.3. The molecule has 8 aliphatic rings. The van der Waals surface area contributed by atoms with Crippen LogP contribution in [0.15, 0.2) is 117 Å². The number of aromatic nitrogens is 15. The number of carbonyl (C=O) groups is 2. The number of phosphoric acid groups is 2. The number of carbonyl (C=O) groups excluding carboxylic acids is 2. The van der Waals surface area contributed by atoms with E-state index in [2.05, 4.69) is 30.0 Å². The summed E-state index contributed by atoms with van der Waals surface area (Å²) in [6, 6.07) is 5.94. The number of phosphoric ester groups is 2. The third kappa shape index (κ3) is 23.1. The molecule has 8 saturated heterocycles. The van der Waals surface area contributed by atoms with Gasteiger partial charge < -0.3 is 113 Å². The largest absolute Gasteiger partial charge is 0.475 e. The van der Waals surface area contributed by atoms with E-state index in [1.807, 2.05) is 15.0 Å². The van der Waals surface area contributed by atoms with Gasteiger partial charge in [-0.15, -0.1) is 5.10 Å². The quantitative estimate of drug-likeness (QED) is 0.0316. The van der Waals surface area contributed by atoms with Gasteiger partial charge in [-0.25, -0.2) is 60.9 Å². The van der Waals surface area contributed by atoms with Gasteiger partial charge >= 0.3 is 44.1 Å². The first-order chi connectivity index (χ1) is 59.8. The number of aliphatic hydroxyl groups excluding tert-OH is 9. The van der Waals surface area contributed by atoms with Crippen LogP contribution in [-0.4, -0.2) is 301 Å². The van der Waals surface area contributed by atoms with Gasteiger partial charge in [0.15, 0.2) is 61.1 Å². The first-order valence-corrected chi connectivity index (χ1v) is 40.6. The first-order valence-electron chi connectivity index (χ1n) is 37.7. The molecule has 15 heterocycles. The number of nitrogens with one attached hydrogen (secondary N) is 4. The zero-order chi connectivity index (χ0) is 95.1. The van der Waals surface area contributed by atoms with Gasteiger partial charge in [0, 0.05) is 49.2 Å². The van der Waals surface area contributed by atoms with Gasteiger partial charge in [0.25, 0.3) is 34.1 Å². The number of amides is 2. The number of aromatic amines is 4. The SMILES string of the molecule is CC(C)OP1(=O)OC[C@H]2O[C@@H](n3ccc(=O)[nH]c3=O)C(C)(F)[C@H]2O1.CC(C)OP1(=O)OC[C@H]2O[C@@H](n3ccc(=O)[nH]c3=O)C(C)(O)[C@H]2O1.CC1(O)[C@@H](O)[C@@H](CO)O[C@H]1n1ccc(N)nc1=O.NC(=O)c1nc(F)c[nH]c1=O.NC(=O)c1ncn([C@@H]2O[C@H](CO)[C@H](O)C2O)n1.Nc1ccn([C@@H]2O[C@H](CO)[C@H](O)C2F)c(=O)n1.O=c1ccn([C@@H]2O[C@H](CO)[C@H](O)C2F)c(=O)[nH]1. The van der Waals surface area contributed by atoms with Gasteiger partial charge in [-0.3, -0.25) is 93.7 Å². The Labute approximate surface area is 711 Å². The van der Waals surface area contributed by atoms with E-state index in [4.69, 9.17) is 98.9 Å². The van der Waals surface area contributed by atoms with Crippen molar-refractivity contribution in [2.75, 3.05) is 51.1 Å². The Hall–Kier alpha value is -10.4. The number of nitrogen functional groups attached to an aromatic ring is 2. The van der Waals surface area contributed by atoms with Crippen LogP contribution in [0.2, 0.25) is 0 Å². The molecule has 55 nitrogen and oxygen atoms in total. The molecule has 8 aliphatic heterocycles. The molecule has 7 aromatic rings. The molecule has 7 aromatic heterocycles. The number of fused-ring (bicyclic) bond motifs is 2. The van der Waals surface area contributed by atoms with Crippen LogP contribution in [-0.2, 0) is 64.7 Å². The first kappa shape index (κ1) is 101. The summed E-state index contributed by atoms with van der Waals surface area (Å²) in [6.45, 7) is 8.18.